The smallest absolute Gasteiger partial charge is 0.220 e. The van der Waals surface area contributed by atoms with Crippen LogP contribution in [-0.2, 0) is 33.2 Å². The fourth-order valence-corrected chi connectivity index (χ4v) is 9.84. The van der Waals surface area contributed by atoms with Crippen LogP contribution in [0.4, 0.5) is 0 Å². The van der Waals surface area contributed by atoms with E-state index >= 15 is 0 Å². The number of amides is 1. The van der Waals surface area contributed by atoms with E-state index in [4.69, 9.17) is 28.4 Å². The lowest BCUT2D eigenvalue weighted by Gasteiger charge is -2.48. The second-order valence-corrected chi connectivity index (χ2v) is 20.8. The van der Waals surface area contributed by atoms with E-state index in [1.165, 1.54) is 96.3 Å². The van der Waals surface area contributed by atoms with Gasteiger partial charge in [0.25, 0.3) is 0 Å². The van der Waals surface area contributed by atoms with Gasteiger partial charge in [-0.25, -0.2) is 0 Å². The summed E-state index contributed by atoms with van der Waals surface area (Å²) in [5.74, 6) is -0.252. The van der Waals surface area contributed by atoms with Crippen molar-refractivity contribution in [3.05, 3.63) is 12.2 Å². The molecular weight excluding hydrogens is 951 g/mol. The van der Waals surface area contributed by atoms with Gasteiger partial charge in [0.2, 0.25) is 5.91 Å². The number of aliphatic hydroxyl groups is 11. The number of ether oxygens (including phenoxy) is 6. The van der Waals surface area contributed by atoms with Crippen LogP contribution in [0.2, 0.25) is 0 Å². The van der Waals surface area contributed by atoms with E-state index in [0.29, 0.717) is 12.8 Å². The zero-order valence-electron chi connectivity index (χ0n) is 44.4. The summed E-state index contributed by atoms with van der Waals surface area (Å²) < 4.78 is 34.2. The molecule has 17 atom stereocenters. The van der Waals surface area contributed by atoms with E-state index in [-0.39, 0.29) is 18.9 Å². The maximum Gasteiger partial charge on any atom is 0.220 e. The summed E-state index contributed by atoms with van der Waals surface area (Å²) in [4.78, 5) is 13.3. The summed E-state index contributed by atoms with van der Waals surface area (Å²) in [5, 5.41) is 120. The molecule has 12 N–H and O–H groups in total. The largest absolute Gasteiger partial charge is 0.394 e. The van der Waals surface area contributed by atoms with E-state index in [1.807, 2.05) is 0 Å². The molecule has 1 amide bonds. The van der Waals surface area contributed by atoms with Crippen LogP contribution in [0.15, 0.2) is 12.2 Å². The van der Waals surface area contributed by atoms with Crippen molar-refractivity contribution in [2.75, 3.05) is 26.4 Å². The van der Waals surface area contributed by atoms with Gasteiger partial charge in [0.05, 0.1) is 38.6 Å². The number of carbonyl (C=O) groups is 1. The van der Waals surface area contributed by atoms with Crippen molar-refractivity contribution >= 4 is 5.91 Å². The topological polar surface area (TPSA) is 307 Å². The Hall–Kier alpha value is -1.47. The summed E-state index contributed by atoms with van der Waals surface area (Å²) >= 11 is 0. The number of carbonyl (C=O) groups excluding carboxylic acids is 1. The predicted molar refractivity (Wildman–Crippen MR) is 273 cm³/mol. The Balaban J connectivity index is 1.52. The Morgan fingerprint density at radius 1 is 0.479 bits per heavy atom. The third-order valence-corrected chi connectivity index (χ3v) is 14.6. The summed E-state index contributed by atoms with van der Waals surface area (Å²) in [5.41, 5.74) is 0. The summed E-state index contributed by atoms with van der Waals surface area (Å²) in [6, 6.07) is -0.886. The lowest BCUT2D eigenvalue weighted by molar-refractivity contribution is -0.379. The molecule has 19 heteroatoms. The summed E-state index contributed by atoms with van der Waals surface area (Å²) in [7, 11) is 0. The van der Waals surface area contributed by atoms with Crippen molar-refractivity contribution < 1.29 is 89.4 Å². The highest BCUT2D eigenvalue weighted by Gasteiger charge is 2.53. The molecule has 73 heavy (non-hydrogen) atoms. The van der Waals surface area contributed by atoms with Crippen molar-refractivity contribution in [2.45, 2.75) is 298 Å². The Kier molecular flexibility index (Phi) is 35.1. The highest BCUT2D eigenvalue weighted by Crippen LogP contribution is 2.33. The first-order valence-corrected chi connectivity index (χ1v) is 28.4. The van der Waals surface area contributed by atoms with Gasteiger partial charge in [0, 0.05) is 6.42 Å². The number of unbranched alkanes of at least 4 members (excludes halogenated alkanes) is 23. The van der Waals surface area contributed by atoms with Crippen molar-refractivity contribution in [1.29, 1.82) is 0 Å². The lowest BCUT2D eigenvalue weighted by Crippen LogP contribution is -2.66. The van der Waals surface area contributed by atoms with Crippen LogP contribution in [0.25, 0.3) is 0 Å². The molecule has 19 nitrogen and oxygen atoms in total. The third kappa shape index (κ3) is 24.0. The molecule has 3 aliphatic rings. The Labute approximate surface area is 436 Å². The van der Waals surface area contributed by atoms with Gasteiger partial charge in [-0.3, -0.25) is 4.79 Å². The SMILES string of the molecule is CCCCCCCCC/C=C\CCCCCCCC(=O)NC(COC1OC(CO)C(OC2OC(CO)C(OC3OC(CO)C(O)C(O)C3O)C(O)C2O)C(O)C1O)C(O)CCCCCCCCCCCCCC. The van der Waals surface area contributed by atoms with Gasteiger partial charge in [-0.05, 0) is 38.5 Å². The van der Waals surface area contributed by atoms with E-state index in [0.717, 1.165) is 64.2 Å². The van der Waals surface area contributed by atoms with Gasteiger partial charge in [0.1, 0.15) is 73.2 Å². The second kappa shape index (κ2) is 39.0. The number of nitrogens with one attached hydrogen (secondary N) is 1. The van der Waals surface area contributed by atoms with Gasteiger partial charge < -0.3 is 89.9 Å². The number of rotatable bonds is 41. The standard InChI is InChI=1S/C54H101NO18/c1-3-5-7-9-11-13-15-17-18-19-20-22-24-26-28-30-32-42(60)55-37(38(59)31-29-27-25-23-21-16-14-12-10-8-6-4-2)36-68-52-48(66)45(63)50(40(34-57)70-52)73-54-49(67)46(64)51(41(35-58)71-54)72-53-47(65)44(62)43(61)39(33-56)69-53/h18-19,37-41,43-54,56-59,61-67H,3-17,20-36H2,1-2H3,(H,55,60)/b19-18-. The molecule has 17 unspecified atom stereocenters. The first-order chi connectivity index (χ1) is 35.3. The molecule has 0 radical (unpaired) electrons. The van der Waals surface area contributed by atoms with E-state index in [2.05, 4.69) is 31.3 Å². The van der Waals surface area contributed by atoms with Crippen LogP contribution in [0.3, 0.4) is 0 Å². The van der Waals surface area contributed by atoms with E-state index in [9.17, 15) is 61.0 Å². The summed E-state index contributed by atoms with van der Waals surface area (Å²) in [6.07, 6.45) is 8.76. The Morgan fingerprint density at radius 3 is 1.33 bits per heavy atom. The van der Waals surface area contributed by atoms with Gasteiger partial charge in [-0.15, -0.1) is 0 Å². The Morgan fingerprint density at radius 2 is 0.863 bits per heavy atom. The van der Waals surface area contributed by atoms with E-state index in [1.54, 1.807) is 0 Å². The van der Waals surface area contributed by atoms with Crippen molar-refractivity contribution in [3.8, 4) is 0 Å². The molecule has 0 aromatic heterocycles. The molecule has 0 aromatic carbocycles. The maximum atomic E-state index is 13.3. The molecule has 3 aliphatic heterocycles. The number of aliphatic hydroxyl groups excluding tert-OH is 11. The zero-order valence-corrected chi connectivity index (χ0v) is 44.4. The zero-order chi connectivity index (χ0) is 53.4. The number of allylic oxidation sites excluding steroid dienone is 2. The number of hydrogen-bond acceptors (Lipinski definition) is 18. The molecule has 3 rings (SSSR count). The molecule has 3 fully saturated rings. The first-order valence-electron chi connectivity index (χ1n) is 28.4. The first kappa shape index (κ1) is 65.8. The molecule has 430 valence electrons. The maximum absolute atomic E-state index is 13.3. The minimum absolute atomic E-state index is 0.252. The van der Waals surface area contributed by atoms with Crippen molar-refractivity contribution in [2.24, 2.45) is 0 Å². The third-order valence-electron chi connectivity index (χ3n) is 14.6. The van der Waals surface area contributed by atoms with Crippen LogP contribution in [0.1, 0.15) is 194 Å². The highest BCUT2D eigenvalue weighted by molar-refractivity contribution is 5.76. The van der Waals surface area contributed by atoms with Crippen LogP contribution in [0.5, 0.6) is 0 Å². The average Bonchev–Trinajstić information content (AvgIpc) is 3.39. The average molecular weight is 1050 g/mol. The molecule has 0 spiro atoms. The normalized spacial score (nSPS) is 31.8. The summed E-state index contributed by atoms with van der Waals surface area (Å²) in [6.45, 7) is 1.76. The van der Waals surface area contributed by atoms with Gasteiger partial charge in [-0.2, -0.15) is 0 Å². The van der Waals surface area contributed by atoms with Gasteiger partial charge in [-0.1, -0.05) is 161 Å². The number of hydrogen-bond donors (Lipinski definition) is 12. The predicted octanol–water partition coefficient (Wildman–Crippen LogP) is 3.82. The fourth-order valence-electron chi connectivity index (χ4n) is 9.84. The van der Waals surface area contributed by atoms with Crippen molar-refractivity contribution in [3.63, 3.8) is 0 Å². The monoisotopic (exact) mass is 1050 g/mol. The molecule has 0 aromatic rings. The minimum Gasteiger partial charge on any atom is -0.394 e. The molecule has 0 bridgehead atoms. The second-order valence-electron chi connectivity index (χ2n) is 20.8. The highest BCUT2D eigenvalue weighted by atomic mass is 16.8. The minimum atomic E-state index is -1.97. The molecule has 3 saturated heterocycles. The molecule has 0 saturated carbocycles. The van der Waals surface area contributed by atoms with Crippen LogP contribution in [-0.4, -0.2) is 193 Å². The van der Waals surface area contributed by atoms with Crippen LogP contribution >= 0.6 is 0 Å². The van der Waals surface area contributed by atoms with Crippen LogP contribution < -0.4 is 5.32 Å². The van der Waals surface area contributed by atoms with Crippen LogP contribution in [0, 0.1) is 0 Å². The van der Waals surface area contributed by atoms with Gasteiger partial charge >= 0.3 is 0 Å². The Bertz CT molecular complexity index is 1400. The molecule has 0 aliphatic carbocycles. The van der Waals surface area contributed by atoms with Crippen molar-refractivity contribution in [1.82, 2.24) is 5.32 Å². The van der Waals surface area contributed by atoms with Gasteiger partial charge in [0.15, 0.2) is 18.9 Å². The van der Waals surface area contributed by atoms with E-state index < -0.39 is 124 Å². The molecule has 3 heterocycles. The quantitative estimate of drug-likeness (QED) is 0.0306. The lowest BCUT2D eigenvalue weighted by atomic mass is 9.96. The fraction of sp³-hybridized carbons (Fsp3) is 0.944. The molecular formula is C54H101NO18.